The molecule has 0 fully saturated rings. The predicted octanol–water partition coefficient (Wildman–Crippen LogP) is 3.25. The second-order valence-electron chi connectivity index (χ2n) is 4.47. The van der Waals surface area contributed by atoms with E-state index in [1.54, 1.807) is 6.07 Å². The summed E-state index contributed by atoms with van der Waals surface area (Å²) in [6, 6.07) is 7.28. The molecule has 0 aliphatic carbocycles. The zero-order valence-electron chi connectivity index (χ0n) is 10.1. The highest BCUT2D eigenvalue weighted by Crippen LogP contribution is 2.22. The van der Waals surface area contributed by atoms with Crippen molar-refractivity contribution < 1.29 is 0 Å². The van der Waals surface area contributed by atoms with E-state index in [4.69, 9.17) is 11.6 Å². The molecule has 0 aliphatic heterocycles. The smallest absolute Gasteiger partial charge is 0.264 e. The molecule has 0 spiro atoms. The van der Waals surface area contributed by atoms with Crippen LogP contribution in [0.1, 0.15) is 31.0 Å². The maximum absolute atomic E-state index is 11.5. The largest absolute Gasteiger partial charge is 0.268 e. The van der Waals surface area contributed by atoms with Gasteiger partial charge in [0, 0.05) is 16.8 Å². The number of nitrogens with one attached hydrogen (secondary N) is 1. The quantitative estimate of drug-likeness (QED) is 0.873. The Hall–Kier alpha value is -1.48. The van der Waals surface area contributed by atoms with Crippen molar-refractivity contribution in [3.8, 4) is 5.69 Å². The van der Waals surface area contributed by atoms with Crippen molar-refractivity contribution >= 4 is 11.6 Å². The average molecular weight is 251 g/mol. The number of aryl methyl sites for hydroxylation is 1. The van der Waals surface area contributed by atoms with Gasteiger partial charge in [0.15, 0.2) is 0 Å². The molecule has 0 amide bonds. The van der Waals surface area contributed by atoms with Crippen LogP contribution in [0.3, 0.4) is 0 Å². The Bertz CT molecular complexity index is 596. The van der Waals surface area contributed by atoms with E-state index in [0.29, 0.717) is 5.02 Å². The fourth-order valence-corrected chi connectivity index (χ4v) is 2.02. The zero-order valence-corrected chi connectivity index (χ0v) is 10.9. The number of hydrogen-bond acceptors (Lipinski definition) is 1. The minimum absolute atomic E-state index is 0.0897. The number of hydrogen-bond donors (Lipinski definition) is 1. The summed E-state index contributed by atoms with van der Waals surface area (Å²) >= 11 is 6.00. The monoisotopic (exact) mass is 250 g/mol. The number of aromatic amines is 1. The van der Waals surface area contributed by atoms with Crippen molar-refractivity contribution in [2.24, 2.45) is 0 Å². The third kappa shape index (κ3) is 2.29. The van der Waals surface area contributed by atoms with Crippen molar-refractivity contribution in [2.75, 3.05) is 0 Å². The first-order chi connectivity index (χ1) is 7.99. The van der Waals surface area contributed by atoms with E-state index in [-0.39, 0.29) is 11.5 Å². The van der Waals surface area contributed by atoms with E-state index in [0.717, 1.165) is 16.9 Å². The molecule has 2 aromatic rings. The molecule has 0 bridgehead atoms. The Morgan fingerprint density at radius 3 is 2.65 bits per heavy atom. The lowest BCUT2D eigenvalue weighted by Crippen LogP contribution is -2.07. The van der Waals surface area contributed by atoms with Gasteiger partial charge in [-0.25, -0.2) is 0 Å². The number of rotatable bonds is 2. The van der Waals surface area contributed by atoms with Crippen molar-refractivity contribution in [1.29, 1.82) is 0 Å². The molecule has 0 atom stereocenters. The van der Waals surface area contributed by atoms with E-state index in [9.17, 15) is 4.79 Å². The molecule has 2 rings (SSSR count). The first-order valence-electron chi connectivity index (χ1n) is 5.57. The third-order valence-electron chi connectivity index (χ3n) is 2.76. The van der Waals surface area contributed by atoms with E-state index < -0.39 is 0 Å². The van der Waals surface area contributed by atoms with Crippen molar-refractivity contribution in [1.82, 2.24) is 9.78 Å². The number of aromatic nitrogens is 2. The number of halogens is 1. The summed E-state index contributed by atoms with van der Waals surface area (Å²) in [4.78, 5) is 11.5. The van der Waals surface area contributed by atoms with Crippen LogP contribution in [0, 0.1) is 6.92 Å². The van der Waals surface area contributed by atoms with Gasteiger partial charge in [-0.3, -0.25) is 14.6 Å². The molecule has 0 saturated carbocycles. The minimum Gasteiger partial charge on any atom is -0.268 e. The second kappa shape index (κ2) is 4.41. The SMILES string of the molecule is Cc1ccc(Cl)cc1-n1[nH]c(=O)cc1C(C)C. The lowest BCUT2D eigenvalue weighted by Gasteiger charge is -2.13. The lowest BCUT2D eigenvalue weighted by molar-refractivity contribution is 0.728. The van der Waals surface area contributed by atoms with Crippen LogP contribution in [0.5, 0.6) is 0 Å². The molecular weight excluding hydrogens is 236 g/mol. The van der Waals surface area contributed by atoms with Crippen molar-refractivity contribution in [3.63, 3.8) is 0 Å². The van der Waals surface area contributed by atoms with Gasteiger partial charge in [-0.2, -0.15) is 0 Å². The van der Waals surface area contributed by atoms with Gasteiger partial charge in [0.2, 0.25) is 0 Å². The van der Waals surface area contributed by atoms with Crippen molar-refractivity contribution in [2.45, 2.75) is 26.7 Å². The van der Waals surface area contributed by atoms with Crippen LogP contribution in [0.2, 0.25) is 5.02 Å². The molecule has 3 nitrogen and oxygen atoms in total. The molecule has 1 aromatic heterocycles. The fourth-order valence-electron chi connectivity index (χ4n) is 1.85. The van der Waals surface area contributed by atoms with Crippen LogP contribution < -0.4 is 5.56 Å². The van der Waals surface area contributed by atoms with Crippen LogP contribution in [0.4, 0.5) is 0 Å². The van der Waals surface area contributed by atoms with Gasteiger partial charge in [0.25, 0.3) is 5.56 Å². The summed E-state index contributed by atoms with van der Waals surface area (Å²) in [6.07, 6.45) is 0. The van der Waals surface area contributed by atoms with Gasteiger partial charge >= 0.3 is 0 Å². The van der Waals surface area contributed by atoms with E-state index >= 15 is 0 Å². The molecule has 17 heavy (non-hydrogen) atoms. The molecule has 1 N–H and O–H groups in total. The summed E-state index contributed by atoms with van der Waals surface area (Å²) in [7, 11) is 0. The highest BCUT2D eigenvalue weighted by molar-refractivity contribution is 6.30. The number of nitrogens with zero attached hydrogens (tertiary/aromatic N) is 1. The maximum Gasteiger partial charge on any atom is 0.264 e. The maximum atomic E-state index is 11.5. The Labute approximate surface area is 105 Å². The van der Waals surface area contributed by atoms with E-state index in [1.165, 1.54) is 0 Å². The summed E-state index contributed by atoms with van der Waals surface area (Å²) in [6.45, 7) is 6.10. The van der Waals surface area contributed by atoms with Crippen LogP contribution in [-0.2, 0) is 0 Å². The fraction of sp³-hybridized carbons (Fsp3) is 0.308. The Morgan fingerprint density at radius 1 is 1.29 bits per heavy atom. The summed E-state index contributed by atoms with van der Waals surface area (Å²) in [5, 5.41) is 3.47. The zero-order chi connectivity index (χ0) is 12.6. The van der Waals surface area contributed by atoms with E-state index in [2.05, 4.69) is 18.9 Å². The highest BCUT2D eigenvalue weighted by atomic mass is 35.5. The average Bonchev–Trinajstić information content (AvgIpc) is 2.64. The number of benzene rings is 1. The van der Waals surface area contributed by atoms with Crippen LogP contribution in [-0.4, -0.2) is 9.78 Å². The number of H-pyrrole nitrogens is 1. The lowest BCUT2D eigenvalue weighted by atomic mass is 10.1. The summed E-state index contributed by atoms with van der Waals surface area (Å²) in [5.74, 6) is 0.271. The molecule has 4 heteroatoms. The molecule has 0 unspecified atom stereocenters. The van der Waals surface area contributed by atoms with Crippen LogP contribution >= 0.6 is 11.6 Å². The second-order valence-corrected chi connectivity index (χ2v) is 4.90. The molecule has 0 saturated heterocycles. The summed E-state index contributed by atoms with van der Waals surface area (Å²) in [5.41, 5.74) is 2.86. The molecular formula is C13H15ClN2O. The standard InChI is InChI=1S/C13H15ClN2O/c1-8(2)11-7-13(17)15-16(11)12-6-10(14)5-4-9(12)3/h4-8H,1-3H3,(H,15,17). The van der Waals surface area contributed by atoms with Crippen LogP contribution in [0.15, 0.2) is 29.1 Å². The van der Waals surface area contributed by atoms with Crippen molar-refractivity contribution in [3.05, 3.63) is 50.9 Å². The van der Waals surface area contributed by atoms with Gasteiger partial charge in [-0.05, 0) is 30.5 Å². The normalized spacial score (nSPS) is 11.1. The third-order valence-corrected chi connectivity index (χ3v) is 3.00. The van der Waals surface area contributed by atoms with Gasteiger partial charge in [-0.1, -0.05) is 31.5 Å². The Balaban J connectivity index is 2.67. The Kier molecular flexibility index (Phi) is 3.11. The molecule has 1 aromatic carbocycles. The Morgan fingerprint density at radius 2 is 2.00 bits per heavy atom. The molecule has 90 valence electrons. The van der Waals surface area contributed by atoms with Gasteiger partial charge < -0.3 is 0 Å². The molecule has 1 heterocycles. The topological polar surface area (TPSA) is 37.8 Å². The highest BCUT2D eigenvalue weighted by Gasteiger charge is 2.11. The van der Waals surface area contributed by atoms with Gasteiger partial charge in [-0.15, -0.1) is 0 Å². The predicted molar refractivity (Wildman–Crippen MR) is 70.2 cm³/mol. The van der Waals surface area contributed by atoms with E-state index in [1.807, 2.05) is 29.8 Å². The van der Waals surface area contributed by atoms with Gasteiger partial charge in [0.05, 0.1) is 5.69 Å². The first kappa shape index (κ1) is 12.0. The molecule has 0 aliphatic rings. The molecule has 0 radical (unpaired) electrons. The minimum atomic E-state index is -0.0897. The van der Waals surface area contributed by atoms with Gasteiger partial charge in [0.1, 0.15) is 0 Å². The summed E-state index contributed by atoms with van der Waals surface area (Å²) < 4.78 is 1.81. The first-order valence-corrected chi connectivity index (χ1v) is 5.95. The van der Waals surface area contributed by atoms with Crippen LogP contribution in [0.25, 0.3) is 5.69 Å².